The molecular formula is C21H20FN5O. The fourth-order valence-corrected chi connectivity index (χ4v) is 4.11. The van der Waals surface area contributed by atoms with Crippen LogP contribution in [-0.4, -0.2) is 26.9 Å². The van der Waals surface area contributed by atoms with Crippen molar-refractivity contribution in [2.24, 2.45) is 0 Å². The van der Waals surface area contributed by atoms with Crippen LogP contribution in [0.25, 0.3) is 27.7 Å². The molecule has 0 amide bonds. The minimum absolute atomic E-state index is 0.346. The van der Waals surface area contributed by atoms with Crippen LogP contribution in [0, 0.1) is 12.7 Å². The summed E-state index contributed by atoms with van der Waals surface area (Å²) in [4.78, 5) is 3.18. The molecule has 1 aliphatic rings. The molecule has 0 fully saturated rings. The number of hydrogen-bond donors (Lipinski definition) is 2. The Balaban J connectivity index is 1.89. The van der Waals surface area contributed by atoms with Gasteiger partial charge in [-0.3, -0.25) is 4.57 Å². The number of ether oxygens (including phenoxy) is 1. The first-order chi connectivity index (χ1) is 13.4. The molecule has 0 bridgehead atoms. The van der Waals surface area contributed by atoms with E-state index in [2.05, 4.69) is 20.5 Å². The maximum Gasteiger partial charge on any atom is 0.162 e. The number of H-pyrrole nitrogens is 1. The van der Waals surface area contributed by atoms with Gasteiger partial charge in [0.05, 0.1) is 23.9 Å². The van der Waals surface area contributed by atoms with Gasteiger partial charge in [0.1, 0.15) is 17.3 Å². The average Bonchev–Trinajstić information content (AvgIpc) is 3.27. The zero-order chi connectivity index (χ0) is 19.6. The molecule has 5 rings (SSSR count). The second-order valence-corrected chi connectivity index (χ2v) is 7.56. The quantitative estimate of drug-likeness (QED) is 0.538. The summed E-state index contributed by atoms with van der Waals surface area (Å²) >= 11 is 0. The number of rotatable bonds is 2. The van der Waals surface area contributed by atoms with Crippen LogP contribution in [-0.2, 0) is 5.54 Å². The van der Waals surface area contributed by atoms with Gasteiger partial charge >= 0.3 is 0 Å². The molecule has 0 spiro atoms. The Morgan fingerprint density at radius 2 is 2.00 bits per heavy atom. The van der Waals surface area contributed by atoms with Crippen molar-refractivity contribution < 1.29 is 9.13 Å². The van der Waals surface area contributed by atoms with Crippen LogP contribution in [0.2, 0.25) is 0 Å². The number of aryl methyl sites for hydroxylation is 1. The lowest BCUT2D eigenvalue weighted by Crippen LogP contribution is -2.36. The Morgan fingerprint density at radius 1 is 1.18 bits per heavy atom. The summed E-state index contributed by atoms with van der Waals surface area (Å²) in [5.41, 5.74) is 3.02. The van der Waals surface area contributed by atoms with E-state index in [0.717, 1.165) is 33.8 Å². The van der Waals surface area contributed by atoms with E-state index in [1.165, 1.54) is 6.07 Å². The Labute approximate surface area is 161 Å². The van der Waals surface area contributed by atoms with Crippen molar-refractivity contribution in [2.45, 2.75) is 26.3 Å². The fourth-order valence-electron chi connectivity index (χ4n) is 4.11. The number of nitrogens with one attached hydrogen (secondary N) is 2. The lowest BCUT2D eigenvalue weighted by molar-refractivity contribution is 0.408. The van der Waals surface area contributed by atoms with Gasteiger partial charge in [-0.2, -0.15) is 0 Å². The standard InChI is InChI=1S/C21H20FN5O/c1-11-25-26-20-21(2,3)24-16-10-14(22)17(19(28-4)18(16)27(11)20)13-6-5-7-15-12(13)8-9-23-15/h5-10,23-24H,1-4H3. The van der Waals surface area contributed by atoms with Gasteiger partial charge < -0.3 is 15.0 Å². The number of methoxy groups -OCH3 is 1. The average molecular weight is 377 g/mol. The fraction of sp³-hybridized carbons (Fsp3) is 0.238. The molecule has 6 nitrogen and oxygen atoms in total. The van der Waals surface area contributed by atoms with Crippen LogP contribution in [0.15, 0.2) is 36.5 Å². The number of aromatic amines is 1. The molecule has 4 aromatic rings. The summed E-state index contributed by atoms with van der Waals surface area (Å²) in [6.07, 6.45) is 1.85. The van der Waals surface area contributed by atoms with Crippen LogP contribution >= 0.6 is 0 Å². The third-order valence-electron chi connectivity index (χ3n) is 5.33. The normalized spacial score (nSPS) is 14.5. The molecule has 3 heterocycles. The number of hydrogen-bond acceptors (Lipinski definition) is 4. The molecule has 28 heavy (non-hydrogen) atoms. The Morgan fingerprint density at radius 3 is 2.79 bits per heavy atom. The third-order valence-corrected chi connectivity index (χ3v) is 5.33. The zero-order valence-electron chi connectivity index (χ0n) is 16.1. The summed E-state index contributed by atoms with van der Waals surface area (Å²) in [7, 11) is 1.56. The van der Waals surface area contributed by atoms with E-state index in [0.29, 0.717) is 17.0 Å². The largest absolute Gasteiger partial charge is 0.494 e. The van der Waals surface area contributed by atoms with Crippen molar-refractivity contribution in [1.29, 1.82) is 0 Å². The van der Waals surface area contributed by atoms with E-state index in [1.54, 1.807) is 7.11 Å². The van der Waals surface area contributed by atoms with Crippen molar-refractivity contribution in [3.8, 4) is 22.6 Å². The molecule has 0 saturated heterocycles. The predicted molar refractivity (Wildman–Crippen MR) is 107 cm³/mol. The molecule has 2 N–H and O–H groups in total. The Kier molecular flexibility index (Phi) is 3.34. The minimum atomic E-state index is -0.492. The smallest absolute Gasteiger partial charge is 0.162 e. The van der Waals surface area contributed by atoms with Crippen LogP contribution in [0.3, 0.4) is 0 Å². The summed E-state index contributed by atoms with van der Waals surface area (Å²) in [5, 5.41) is 12.9. The predicted octanol–water partition coefficient (Wildman–Crippen LogP) is 4.53. The number of halogens is 1. The first-order valence-corrected chi connectivity index (χ1v) is 9.10. The highest BCUT2D eigenvalue weighted by Gasteiger charge is 2.37. The van der Waals surface area contributed by atoms with Crippen LogP contribution in [0.4, 0.5) is 10.1 Å². The maximum absolute atomic E-state index is 15.4. The van der Waals surface area contributed by atoms with E-state index >= 15 is 4.39 Å². The first-order valence-electron chi connectivity index (χ1n) is 9.10. The lowest BCUT2D eigenvalue weighted by Gasteiger charge is -2.35. The molecule has 142 valence electrons. The molecule has 0 aliphatic carbocycles. The van der Waals surface area contributed by atoms with Gasteiger partial charge in [0.25, 0.3) is 0 Å². The van der Waals surface area contributed by atoms with Crippen LogP contribution in [0.5, 0.6) is 5.75 Å². The molecule has 2 aromatic heterocycles. The van der Waals surface area contributed by atoms with E-state index < -0.39 is 5.54 Å². The number of aromatic nitrogens is 4. The Bertz CT molecular complexity index is 1240. The molecule has 0 unspecified atom stereocenters. The zero-order valence-corrected chi connectivity index (χ0v) is 16.1. The van der Waals surface area contributed by atoms with Gasteiger partial charge in [0, 0.05) is 23.2 Å². The molecule has 1 aliphatic heterocycles. The number of fused-ring (bicyclic) bond motifs is 4. The van der Waals surface area contributed by atoms with Gasteiger partial charge in [-0.05, 0) is 38.5 Å². The van der Waals surface area contributed by atoms with Crippen molar-refractivity contribution in [3.63, 3.8) is 0 Å². The van der Waals surface area contributed by atoms with E-state index in [1.807, 2.05) is 55.8 Å². The minimum Gasteiger partial charge on any atom is -0.494 e. The highest BCUT2D eigenvalue weighted by atomic mass is 19.1. The molecule has 0 radical (unpaired) electrons. The molecule has 2 aromatic carbocycles. The first kappa shape index (κ1) is 16.8. The summed E-state index contributed by atoms with van der Waals surface area (Å²) < 4.78 is 23.2. The van der Waals surface area contributed by atoms with Crippen LogP contribution in [0.1, 0.15) is 25.5 Å². The highest BCUT2D eigenvalue weighted by Crippen LogP contribution is 2.48. The van der Waals surface area contributed by atoms with Crippen molar-refractivity contribution in [3.05, 3.63) is 54.0 Å². The van der Waals surface area contributed by atoms with Gasteiger partial charge in [-0.1, -0.05) is 12.1 Å². The molecule has 7 heteroatoms. The SMILES string of the molecule is COc1c(-c2cccc3[nH]ccc23)c(F)cc2c1-n1c(C)nnc1C(C)(C)N2. The lowest BCUT2D eigenvalue weighted by atomic mass is 9.95. The van der Waals surface area contributed by atoms with Gasteiger partial charge in [0.2, 0.25) is 0 Å². The number of anilines is 1. The van der Waals surface area contributed by atoms with Gasteiger partial charge in [0.15, 0.2) is 11.6 Å². The third kappa shape index (κ3) is 2.13. The van der Waals surface area contributed by atoms with Crippen molar-refractivity contribution in [2.75, 3.05) is 12.4 Å². The summed E-state index contributed by atoms with van der Waals surface area (Å²) in [6, 6.07) is 9.25. The molecule has 0 atom stereocenters. The van der Waals surface area contributed by atoms with Gasteiger partial charge in [-0.25, -0.2) is 4.39 Å². The van der Waals surface area contributed by atoms with E-state index in [4.69, 9.17) is 4.74 Å². The molecular weight excluding hydrogens is 357 g/mol. The van der Waals surface area contributed by atoms with E-state index in [9.17, 15) is 0 Å². The second-order valence-electron chi connectivity index (χ2n) is 7.56. The maximum atomic E-state index is 15.4. The van der Waals surface area contributed by atoms with Gasteiger partial charge in [-0.15, -0.1) is 10.2 Å². The summed E-state index contributed by atoms with van der Waals surface area (Å²) in [5.74, 6) is 1.59. The Hall–Kier alpha value is -3.35. The number of nitrogens with zero attached hydrogens (tertiary/aromatic N) is 3. The highest BCUT2D eigenvalue weighted by molar-refractivity contribution is 5.98. The van der Waals surface area contributed by atoms with Crippen molar-refractivity contribution in [1.82, 2.24) is 19.7 Å². The summed E-state index contributed by atoms with van der Waals surface area (Å²) in [6.45, 7) is 5.88. The van der Waals surface area contributed by atoms with E-state index in [-0.39, 0.29) is 5.82 Å². The van der Waals surface area contributed by atoms with Crippen LogP contribution < -0.4 is 10.1 Å². The second kappa shape index (κ2) is 5.58. The topological polar surface area (TPSA) is 67.8 Å². The van der Waals surface area contributed by atoms with Crippen molar-refractivity contribution >= 4 is 16.6 Å². The number of benzene rings is 2. The molecule has 0 saturated carbocycles. The monoisotopic (exact) mass is 377 g/mol.